The fourth-order valence-corrected chi connectivity index (χ4v) is 2.72. The molecule has 0 spiro atoms. The van der Waals surface area contributed by atoms with Crippen molar-refractivity contribution in [2.75, 3.05) is 40.4 Å². The Morgan fingerprint density at radius 1 is 1.22 bits per heavy atom. The van der Waals surface area contributed by atoms with Gasteiger partial charge in [0.1, 0.15) is 5.75 Å². The molecular formula is C18H27F3N4O2. The zero-order chi connectivity index (χ0) is 19.7. The summed E-state index contributed by atoms with van der Waals surface area (Å²) in [4.78, 5) is 6.49. The van der Waals surface area contributed by atoms with Crippen molar-refractivity contribution >= 4 is 5.96 Å². The van der Waals surface area contributed by atoms with E-state index in [0.29, 0.717) is 30.7 Å². The number of methoxy groups -OCH3 is 1. The second-order valence-electron chi connectivity index (χ2n) is 6.27. The quantitative estimate of drug-likeness (QED) is 0.476. The van der Waals surface area contributed by atoms with E-state index in [2.05, 4.69) is 25.3 Å². The summed E-state index contributed by atoms with van der Waals surface area (Å²) in [6.45, 7) is 3.28. The van der Waals surface area contributed by atoms with Crippen LogP contribution in [0.25, 0.3) is 0 Å². The smallest absolute Gasteiger partial charge is 0.405 e. The average Bonchev–Trinajstić information content (AvgIpc) is 3.45. The summed E-state index contributed by atoms with van der Waals surface area (Å²) in [5.41, 5.74) is 0.400. The number of alkyl halides is 3. The van der Waals surface area contributed by atoms with Gasteiger partial charge < -0.3 is 20.1 Å². The van der Waals surface area contributed by atoms with Crippen molar-refractivity contribution in [1.82, 2.24) is 15.5 Å². The van der Waals surface area contributed by atoms with E-state index in [1.54, 1.807) is 26.3 Å². The minimum absolute atomic E-state index is 0.169. The molecule has 6 nitrogen and oxygen atoms in total. The number of benzene rings is 1. The van der Waals surface area contributed by atoms with Crippen LogP contribution in [0, 0.1) is 0 Å². The summed E-state index contributed by atoms with van der Waals surface area (Å²) in [5, 5.41) is 6.21. The van der Waals surface area contributed by atoms with E-state index in [9.17, 15) is 13.2 Å². The molecule has 0 aliphatic heterocycles. The maximum Gasteiger partial charge on any atom is 0.573 e. The van der Waals surface area contributed by atoms with Gasteiger partial charge in [-0.05, 0) is 18.9 Å². The van der Waals surface area contributed by atoms with Crippen molar-refractivity contribution in [1.29, 1.82) is 0 Å². The average molecular weight is 388 g/mol. The number of halogens is 3. The number of ether oxygens (including phenoxy) is 2. The van der Waals surface area contributed by atoms with Crippen molar-refractivity contribution in [2.24, 2.45) is 4.99 Å². The maximum absolute atomic E-state index is 12.5. The molecule has 0 amide bonds. The van der Waals surface area contributed by atoms with Crippen LogP contribution in [-0.2, 0) is 11.3 Å². The van der Waals surface area contributed by atoms with Gasteiger partial charge in [-0.1, -0.05) is 18.2 Å². The van der Waals surface area contributed by atoms with E-state index in [4.69, 9.17) is 4.74 Å². The first-order valence-corrected chi connectivity index (χ1v) is 8.94. The number of hydrogen-bond donors (Lipinski definition) is 2. The number of hydrogen-bond acceptors (Lipinski definition) is 4. The van der Waals surface area contributed by atoms with Gasteiger partial charge in [-0.25, -0.2) is 0 Å². The van der Waals surface area contributed by atoms with Crippen LogP contribution >= 0.6 is 0 Å². The molecule has 0 saturated heterocycles. The molecule has 1 aliphatic carbocycles. The van der Waals surface area contributed by atoms with Gasteiger partial charge in [-0.3, -0.25) is 9.89 Å². The fourth-order valence-electron chi connectivity index (χ4n) is 2.72. The lowest BCUT2D eigenvalue weighted by atomic mass is 10.2. The molecule has 0 unspecified atom stereocenters. The highest BCUT2D eigenvalue weighted by Gasteiger charge is 2.32. The Bertz CT molecular complexity index is 607. The largest absolute Gasteiger partial charge is 0.573 e. The van der Waals surface area contributed by atoms with Crippen molar-refractivity contribution in [2.45, 2.75) is 31.8 Å². The highest BCUT2D eigenvalue weighted by molar-refractivity contribution is 5.79. The molecule has 0 bridgehead atoms. The number of nitrogens with zero attached hydrogens (tertiary/aromatic N) is 2. The SMILES string of the molecule is CN=C(NCCN(CCOC)C1CC1)NCc1ccccc1OC(F)(F)F. The third-order valence-electron chi connectivity index (χ3n) is 4.21. The summed E-state index contributed by atoms with van der Waals surface area (Å²) in [6, 6.07) is 6.68. The lowest BCUT2D eigenvalue weighted by Gasteiger charge is -2.22. The summed E-state index contributed by atoms with van der Waals surface area (Å²) in [7, 11) is 3.31. The Morgan fingerprint density at radius 3 is 2.59 bits per heavy atom. The highest BCUT2D eigenvalue weighted by atomic mass is 19.4. The van der Waals surface area contributed by atoms with E-state index in [1.165, 1.54) is 25.0 Å². The zero-order valence-corrected chi connectivity index (χ0v) is 15.7. The molecule has 2 rings (SSSR count). The number of nitrogens with one attached hydrogen (secondary N) is 2. The molecule has 1 aliphatic rings. The van der Waals surface area contributed by atoms with Gasteiger partial charge in [0, 0.05) is 51.9 Å². The molecule has 1 fully saturated rings. The van der Waals surface area contributed by atoms with Crippen LogP contribution in [0.1, 0.15) is 18.4 Å². The van der Waals surface area contributed by atoms with Crippen LogP contribution in [0.3, 0.4) is 0 Å². The maximum atomic E-state index is 12.5. The third kappa shape index (κ3) is 8.04. The number of para-hydroxylation sites is 1. The molecule has 9 heteroatoms. The molecule has 1 aromatic carbocycles. The molecule has 0 heterocycles. The Labute approximate surface area is 157 Å². The Morgan fingerprint density at radius 2 is 1.96 bits per heavy atom. The summed E-state index contributed by atoms with van der Waals surface area (Å²) in [5.74, 6) is 0.312. The Balaban J connectivity index is 1.80. The second kappa shape index (κ2) is 10.4. The normalized spacial score (nSPS) is 15.1. The van der Waals surface area contributed by atoms with Gasteiger partial charge in [0.15, 0.2) is 5.96 Å². The molecule has 152 valence electrons. The molecule has 1 aromatic rings. The minimum Gasteiger partial charge on any atom is -0.405 e. The van der Waals surface area contributed by atoms with Crippen LogP contribution in [0.15, 0.2) is 29.3 Å². The lowest BCUT2D eigenvalue weighted by molar-refractivity contribution is -0.274. The first-order chi connectivity index (χ1) is 12.9. The van der Waals surface area contributed by atoms with Crippen molar-refractivity contribution in [3.63, 3.8) is 0 Å². The lowest BCUT2D eigenvalue weighted by Crippen LogP contribution is -2.42. The van der Waals surface area contributed by atoms with Crippen molar-refractivity contribution < 1.29 is 22.6 Å². The first kappa shape index (κ1) is 21.3. The van der Waals surface area contributed by atoms with E-state index >= 15 is 0 Å². The van der Waals surface area contributed by atoms with E-state index in [1.807, 2.05) is 0 Å². The summed E-state index contributed by atoms with van der Waals surface area (Å²) < 4.78 is 46.7. The van der Waals surface area contributed by atoms with Gasteiger partial charge in [0.25, 0.3) is 0 Å². The molecule has 0 aromatic heterocycles. The Kier molecular flexibility index (Phi) is 8.18. The van der Waals surface area contributed by atoms with Crippen LogP contribution < -0.4 is 15.4 Å². The summed E-state index contributed by atoms with van der Waals surface area (Å²) >= 11 is 0. The molecule has 0 radical (unpaired) electrons. The van der Waals surface area contributed by atoms with Gasteiger partial charge in [-0.2, -0.15) is 0 Å². The zero-order valence-electron chi connectivity index (χ0n) is 15.7. The predicted molar refractivity (Wildman–Crippen MR) is 97.8 cm³/mol. The first-order valence-electron chi connectivity index (χ1n) is 8.94. The molecule has 27 heavy (non-hydrogen) atoms. The molecular weight excluding hydrogens is 361 g/mol. The van der Waals surface area contributed by atoms with Crippen molar-refractivity contribution in [3.05, 3.63) is 29.8 Å². The Hall–Kier alpha value is -2.00. The van der Waals surface area contributed by atoms with E-state index in [-0.39, 0.29) is 12.3 Å². The van der Waals surface area contributed by atoms with Gasteiger partial charge in [0.2, 0.25) is 0 Å². The van der Waals surface area contributed by atoms with Gasteiger partial charge in [-0.15, -0.1) is 13.2 Å². The monoisotopic (exact) mass is 388 g/mol. The molecule has 2 N–H and O–H groups in total. The number of guanidine groups is 1. The third-order valence-corrected chi connectivity index (χ3v) is 4.21. The number of rotatable bonds is 10. The van der Waals surface area contributed by atoms with Gasteiger partial charge in [0.05, 0.1) is 6.61 Å². The highest BCUT2D eigenvalue weighted by Crippen LogP contribution is 2.26. The topological polar surface area (TPSA) is 58.1 Å². The number of aliphatic imine (C=N–C) groups is 1. The van der Waals surface area contributed by atoms with Crippen LogP contribution in [-0.4, -0.2) is 63.7 Å². The van der Waals surface area contributed by atoms with Crippen LogP contribution in [0.5, 0.6) is 5.75 Å². The minimum atomic E-state index is -4.72. The predicted octanol–water partition coefficient (Wildman–Crippen LogP) is 2.36. The second-order valence-corrected chi connectivity index (χ2v) is 6.27. The van der Waals surface area contributed by atoms with E-state index in [0.717, 1.165) is 13.1 Å². The molecule has 0 atom stereocenters. The van der Waals surface area contributed by atoms with Crippen LogP contribution in [0.2, 0.25) is 0 Å². The van der Waals surface area contributed by atoms with Crippen LogP contribution in [0.4, 0.5) is 13.2 Å². The molecule has 1 saturated carbocycles. The van der Waals surface area contributed by atoms with Crippen molar-refractivity contribution in [3.8, 4) is 5.75 Å². The van der Waals surface area contributed by atoms with E-state index < -0.39 is 6.36 Å². The fraction of sp³-hybridized carbons (Fsp3) is 0.611. The summed E-state index contributed by atoms with van der Waals surface area (Å²) in [6.07, 6.45) is -2.29. The standard InChI is InChI=1S/C18H27F3N4O2/c1-22-17(23-9-10-25(11-12-26-2)15-7-8-15)24-13-14-5-3-4-6-16(14)27-18(19,20)21/h3-6,15H,7-13H2,1-2H3,(H2,22,23,24). The van der Waals surface area contributed by atoms with Gasteiger partial charge >= 0.3 is 6.36 Å².